The van der Waals surface area contributed by atoms with Crippen LogP contribution in [0.1, 0.15) is 13.3 Å². The first-order valence-electron chi connectivity index (χ1n) is 2.83. The van der Waals surface area contributed by atoms with Gasteiger partial charge in [0, 0.05) is 6.04 Å². The lowest BCUT2D eigenvalue weighted by molar-refractivity contribution is -0.139. The molecule has 0 aliphatic heterocycles. The third-order valence-corrected chi connectivity index (χ3v) is 1.22. The van der Waals surface area contributed by atoms with Gasteiger partial charge in [0.15, 0.2) is 0 Å². The highest BCUT2D eigenvalue weighted by Gasteiger charge is 2.17. The number of carboxylic acids is 1. The molecule has 0 amide bonds. The van der Waals surface area contributed by atoms with E-state index in [1.807, 2.05) is 0 Å². The minimum atomic E-state index is -1.04. The van der Waals surface area contributed by atoms with Crippen molar-refractivity contribution in [3.63, 3.8) is 0 Å². The van der Waals surface area contributed by atoms with Crippen molar-refractivity contribution in [2.24, 2.45) is 11.5 Å². The zero-order chi connectivity index (χ0) is 7.44. The molecule has 9 heavy (non-hydrogen) atoms. The zero-order valence-corrected chi connectivity index (χ0v) is 5.37. The SMILES string of the molecule is CC[C@H](N)[C@H](N)C(=O)O. The van der Waals surface area contributed by atoms with E-state index >= 15 is 0 Å². The van der Waals surface area contributed by atoms with E-state index in [4.69, 9.17) is 16.6 Å². The third kappa shape index (κ3) is 2.43. The second kappa shape index (κ2) is 3.42. The molecule has 0 aromatic heterocycles. The van der Waals surface area contributed by atoms with E-state index in [0.717, 1.165) is 0 Å². The third-order valence-electron chi connectivity index (χ3n) is 1.22. The Labute approximate surface area is 53.8 Å². The molecular weight excluding hydrogens is 120 g/mol. The van der Waals surface area contributed by atoms with Gasteiger partial charge >= 0.3 is 5.97 Å². The molecule has 0 rings (SSSR count). The maximum absolute atomic E-state index is 10.1. The Morgan fingerprint density at radius 2 is 2.11 bits per heavy atom. The van der Waals surface area contributed by atoms with Crippen LogP contribution in [0.25, 0.3) is 0 Å². The number of carbonyl (C=O) groups is 1. The molecule has 2 atom stereocenters. The summed E-state index contributed by atoms with van der Waals surface area (Å²) in [6.45, 7) is 1.80. The van der Waals surface area contributed by atoms with Crippen LogP contribution in [0.2, 0.25) is 0 Å². The normalized spacial score (nSPS) is 16.8. The summed E-state index contributed by atoms with van der Waals surface area (Å²) in [4.78, 5) is 10.1. The van der Waals surface area contributed by atoms with Crippen molar-refractivity contribution < 1.29 is 9.90 Å². The largest absolute Gasteiger partial charge is 0.480 e. The Bertz CT molecular complexity index is 105. The molecule has 4 heteroatoms. The van der Waals surface area contributed by atoms with Gasteiger partial charge in [-0.25, -0.2) is 0 Å². The fourth-order valence-corrected chi connectivity index (χ4v) is 0.437. The van der Waals surface area contributed by atoms with Crippen LogP contribution in [0.3, 0.4) is 0 Å². The Kier molecular flexibility index (Phi) is 3.19. The van der Waals surface area contributed by atoms with Gasteiger partial charge in [0.2, 0.25) is 0 Å². The topological polar surface area (TPSA) is 89.3 Å². The number of hydrogen-bond donors (Lipinski definition) is 3. The minimum absolute atomic E-state index is 0.428. The minimum Gasteiger partial charge on any atom is -0.480 e. The Morgan fingerprint density at radius 3 is 2.22 bits per heavy atom. The van der Waals surface area contributed by atoms with Crippen molar-refractivity contribution in [2.75, 3.05) is 0 Å². The average molecular weight is 132 g/mol. The highest BCUT2D eigenvalue weighted by molar-refractivity contribution is 5.74. The van der Waals surface area contributed by atoms with Crippen molar-refractivity contribution in [1.29, 1.82) is 0 Å². The summed E-state index contributed by atoms with van der Waals surface area (Å²) in [5, 5.41) is 8.28. The van der Waals surface area contributed by atoms with Gasteiger partial charge in [-0.05, 0) is 6.42 Å². The molecule has 0 aromatic carbocycles. The van der Waals surface area contributed by atoms with Gasteiger partial charge in [0.25, 0.3) is 0 Å². The van der Waals surface area contributed by atoms with E-state index < -0.39 is 18.1 Å². The number of rotatable bonds is 3. The monoisotopic (exact) mass is 132 g/mol. The van der Waals surface area contributed by atoms with Crippen LogP contribution in [-0.2, 0) is 4.79 Å². The van der Waals surface area contributed by atoms with Crippen LogP contribution in [0.15, 0.2) is 0 Å². The van der Waals surface area contributed by atoms with Gasteiger partial charge in [0.1, 0.15) is 6.04 Å². The zero-order valence-electron chi connectivity index (χ0n) is 5.37. The molecule has 0 heterocycles. The predicted molar refractivity (Wildman–Crippen MR) is 33.9 cm³/mol. The molecule has 0 aliphatic rings. The molecule has 0 saturated heterocycles. The number of nitrogens with two attached hydrogens (primary N) is 2. The molecule has 0 spiro atoms. The van der Waals surface area contributed by atoms with E-state index in [1.54, 1.807) is 6.92 Å². The fraction of sp³-hybridized carbons (Fsp3) is 0.800. The average Bonchev–Trinajstić information content (AvgIpc) is 1.84. The quantitative estimate of drug-likeness (QED) is 0.466. The number of hydrogen-bond acceptors (Lipinski definition) is 3. The predicted octanol–water partition coefficient (Wildman–Crippen LogP) is -0.864. The summed E-state index contributed by atoms with van der Waals surface area (Å²) in [5.74, 6) is -1.04. The number of carboxylic acid groups (broad SMARTS) is 1. The van der Waals surface area contributed by atoms with E-state index in [2.05, 4.69) is 0 Å². The molecule has 0 aromatic rings. The van der Waals surface area contributed by atoms with Crippen molar-refractivity contribution in [1.82, 2.24) is 0 Å². The van der Waals surface area contributed by atoms with Crippen molar-refractivity contribution in [3.05, 3.63) is 0 Å². The first-order valence-corrected chi connectivity index (χ1v) is 2.83. The maximum atomic E-state index is 10.1. The Hall–Kier alpha value is -0.610. The van der Waals surface area contributed by atoms with Crippen LogP contribution in [-0.4, -0.2) is 23.2 Å². The van der Waals surface area contributed by atoms with E-state index in [0.29, 0.717) is 6.42 Å². The Balaban J connectivity index is 3.72. The van der Waals surface area contributed by atoms with Crippen LogP contribution in [0.4, 0.5) is 0 Å². The molecule has 0 unspecified atom stereocenters. The molecular formula is C5H12N2O2. The molecule has 0 radical (unpaired) electrons. The second-order valence-corrected chi connectivity index (χ2v) is 1.94. The molecule has 0 bridgehead atoms. The molecule has 0 fully saturated rings. The van der Waals surface area contributed by atoms with Gasteiger partial charge in [-0.2, -0.15) is 0 Å². The van der Waals surface area contributed by atoms with Gasteiger partial charge < -0.3 is 16.6 Å². The van der Waals surface area contributed by atoms with Crippen LogP contribution in [0, 0.1) is 0 Å². The summed E-state index contributed by atoms with van der Waals surface area (Å²) in [6.07, 6.45) is 0.591. The van der Waals surface area contributed by atoms with Gasteiger partial charge in [-0.3, -0.25) is 4.79 Å². The van der Waals surface area contributed by atoms with Crippen molar-refractivity contribution in [2.45, 2.75) is 25.4 Å². The summed E-state index contributed by atoms with van der Waals surface area (Å²) in [7, 11) is 0. The van der Waals surface area contributed by atoms with Crippen molar-refractivity contribution in [3.8, 4) is 0 Å². The van der Waals surface area contributed by atoms with Gasteiger partial charge in [-0.1, -0.05) is 6.92 Å². The van der Waals surface area contributed by atoms with E-state index in [9.17, 15) is 4.79 Å². The smallest absolute Gasteiger partial charge is 0.322 e. The van der Waals surface area contributed by atoms with Crippen LogP contribution in [0.5, 0.6) is 0 Å². The summed E-state index contributed by atoms with van der Waals surface area (Å²) >= 11 is 0. The standard InChI is InChI=1S/C5H12N2O2/c1-2-3(6)4(7)5(8)9/h3-4H,2,6-7H2,1H3,(H,8,9)/t3-,4-/m0/s1. The fourth-order valence-electron chi connectivity index (χ4n) is 0.437. The highest BCUT2D eigenvalue weighted by atomic mass is 16.4. The molecule has 0 aliphatic carbocycles. The highest BCUT2D eigenvalue weighted by Crippen LogP contribution is 1.90. The van der Waals surface area contributed by atoms with Crippen molar-refractivity contribution >= 4 is 5.97 Å². The van der Waals surface area contributed by atoms with Crippen LogP contribution < -0.4 is 11.5 Å². The lowest BCUT2D eigenvalue weighted by Gasteiger charge is -2.12. The maximum Gasteiger partial charge on any atom is 0.322 e. The van der Waals surface area contributed by atoms with Gasteiger partial charge in [-0.15, -0.1) is 0 Å². The molecule has 5 N–H and O–H groups in total. The summed E-state index contributed by atoms with van der Waals surface area (Å²) in [6, 6.07) is -1.35. The first-order chi connectivity index (χ1) is 4.09. The van der Waals surface area contributed by atoms with Gasteiger partial charge in [0.05, 0.1) is 0 Å². The van der Waals surface area contributed by atoms with E-state index in [-0.39, 0.29) is 0 Å². The van der Waals surface area contributed by atoms with Crippen LogP contribution >= 0.6 is 0 Å². The summed E-state index contributed by atoms with van der Waals surface area (Å²) in [5.41, 5.74) is 10.5. The second-order valence-electron chi connectivity index (χ2n) is 1.94. The Morgan fingerprint density at radius 1 is 1.67 bits per heavy atom. The first kappa shape index (κ1) is 8.39. The lowest BCUT2D eigenvalue weighted by Crippen LogP contribution is -2.46. The number of aliphatic carboxylic acids is 1. The molecule has 0 saturated carbocycles. The molecule has 54 valence electrons. The lowest BCUT2D eigenvalue weighted by atomic mass is 10.1. The molecule has 4 nitrogen and oxygen atoms in total. The summed E-state index contributed by atoms with van der Waals surface area (Å²) < 4.78 is 0. The van der Waals surface area contributed by atoms with E-state index in [1.165, 1.54) is 0 Å².